The fraction of sp³-hybridized carbons (Fsp3) is 0.414. The van der Waals surface area contributed by atoms with Crippen molar-refractivity contribution in [2.75, 3.05) is 49.9 Å². The highest BCUT2D eigenvalue weighted by molar-refractivity contribution is 9.10. The van der Waals surface area contributed by atoms with E-state index in [1.807, 2.05) is 26.2 Å². The standard InChI is InChI=1S/C29H36BrN7S/c1-36(2)27-23-7-5-6-8-24(23)33-28(35-27)32-22-15-9-19(10-16-22)17-31-18-25-26(34-29(38-25)37(3)4)20-11-13-21(30)14-12-20/h5-8,11-14,19,22,31H,9-10,15-18H2,1-4H3,(H,32,33,35)/t19-,22+. The van der Waals surface area contributed by atoms with Crippen LogP contribution in [0.4, 0.5) is 16.9 Å². The van der Waals surface area contributed by atoms with Gasteiger partial charge in [-0.2, -0.15) is 4.98 Å². The summed E-state index contributed by atoms with van der Waals surface area (Å²) < 4.78 is 1.08. The van der Waals surface area contributed by atoms with Crippen molar-refractivity contribution in [3.8, 4) is 11.3 Å². The highest BCUT2D eigenvalue weighted by atomic mass is 79.9. The molecule has 0 bridgehead atoms. The summed E-state index contributed by atoms with van der Waals surface area (Å²) in [6.07, 6.45) is 4.67. The summed E-state index contributed by atoms with van der Waals surface area (Å²) >= 11 is 5.31. The molecule has 2 aromatic heterocycles. The average molecular weight is 595 g/mol. The Hall–Kier alpha value is -2.75. The van der Waals surface area contributed by atoms with Gasteiger partial charge in [0.05, 0.1) is 11.2 Å². The predicted octanol–water partition coefficient (Wildman–Crippen LogP) is 6.41. The summed E-state index contributed by atoms with van der Waals surface area (Å²) in [4.78, 5) is 20.0. The van der Waals surface area contributed by atoms with Gasteiger partial charge in [0.2, 0.25) is 5.95 Å². The smallest absolute Gasteiger partial charge is 0.225 e. The molecule has 9 heteroatoms. The first kappa shape index (κ1) is 26.8. The molecule has 2 heterocycles. The number of nitrogens with one attached hydrogen (secondary N) is 2. The van der Waals surface area contributed by atoms with Gasteiger partial charge in [0.1, 0.15) is 5.82 Å². The number of nitrogens with zero attached hydrogens (tertiary/aromatic N) is 5. The Balaban J connectivity index is 1.16. The maximum Gasteiger partial charge on any atom is 0.225 e. The molecular formula is C29H36BrN7S. The quantitative estimate of drug-likeness (QED) is 0.232. The molecule has 38 heavy (non-hydrogen) atoms. The van der Waals surface area contributed by atoms with Crippen LogP contribution in [0.3, 0.4) is 0 Å². The molecule has 1 fully saturated rings. The topological polar surface area (TPSA) is 69.2 Å². The number of rotatable bonds is 9. The van der Waals surface area contributed by atoms with Crippen LogP contribution in [0.15, 0.2) is 53.0 Å². The molecule has 7 nitrogen and oxygen atoms in total. The van der Waals surface area contributed by atoms with Gasteiger partial charge >= 0.3 is 0 Å². The molecule has 0 aliphatic heterocycles. The van der Waals surface area contributed by atoms with Crippen molar-refractivity contribution in [1.29, 1.82) is 0 Å². The number of para-hydroxylation sites is 1. The highest BCUT2D eigenvalue weighted by Crippen LogP contribution is 2.33. The lowest BCUT2D eigenvalue weighted by molar-refractivity contribution is 0.324. The number of thiazole rings is 1. The van der Waals surface area contributed by atoms with Crippen LogP contribution < -0.4 is 20.4 Å². The van der Waals surface area contributed by atoms with Crippen molar-refractivity contribution in [1.82, 2.24) is 20.3 Å². The summed E-state index contributed by atoms with van der Waals surface area (Å²) in [5.41, 5.74) is 3.22. The number of anilines is 3. The zero-order valence-electron chi connectivity index (χ0n) is 22.5. The first-order valence-electron chi connectivity index (χ1n) is 13.2. The summed E-state index contributed by atoms with van der Waals surface area (Å²) in [6, 6.07) is 17.1. The van der Waals surface area contributed by atoms with E-state index < -0.39 is 0 Å². The normalized spacial score (nSPS) is 17.5. The Labute approximate surface area is 237 Å². The second-order valence-corrected chi connectivity index (χ2v) is 12.4. The van der Waals surface area contributed by atoms with Crippen molar-refractivity contribution >= 4 is 55.1 Å². The third-order valence-electron chi connectivity index (χ3n) is 7.09. The van der Waals surface area contributed by atoms with Crippen LogP contribution >= 0.6 is 27.3 Å². The third kappa shape index (κ3) is 6.27. The average Bonchev–Trinajstić information content (AvgIpc) is 3.34. The highest BCUT2D eigenvalue weighted by Gasteiger charge is 2.23. The summed E-state index contributed by atoms with van der Waals surface area (Å²) in [6.45, 7) is 1.87. The summed E-state index contributed by atoms with van der Waals surface area (Å²) in [7, 11) is 8.18. The Morgan fingerprint density at radius 3 is 2.34 bits per heavy atom. The van der Waals surface area contributed by atoms with E-state index in [-0.39, 0.29) is 0 Å². The number of halogens is 1. The Bertz CT molecular complexity index is 1360. The molecule has 0 amide bonds. The number of fused-ring (bicyclic) bond motifs is 1. The van der Waals surface area contributed by atoms with Crippen LogP contribution in [0.2, 0.25) is 0 Å². The molecule has 0 atom stereocenters. The summed E-state index contributed by atoms with van der Waals surface area (Å²) in [5, 5.41) is 9.50. The van der Waals surface area contributed by atoms with Gasteiger partial charge in [-0.25, -0.2) is 9.97 Å². The Kier molecular flexibility index (Phi) is 8.45. The van der Waals surface area contributed by atoms with E-state index in [9.17, 15) is 0 Å². The lowest BCUT2D eigenvalue weighted by Gasteiger charge is -2.29. The zero-order chi connectivity index (χ0) is 26.6. The summed E-state index contributed by atoms with van der Waals surface area (Å²) in [5.74, 6) is 2.37. The Morgan fingerprint density at radius 2 is 1.63 bits per heavy atom. The minimum atomic E-state index is 0.413. The second-order valence-electron chi connectivity index (χ2n) is 10.4. The fourth-order valence-electron chi connectivity index (χ4n) is 5.03. The van der Waals surface area contributed by atoms with Gasteiger partial charge in [-0.3, -0.25) is 0 Å². The fourth-order valence-corrected chi connectivity index (χ4v) is 6.27. The molecule has 200 valence electrons. The van der Waals surface area contributed by atoms with Crippen LogP contribution in [0.1, 0.15) is 30.6 Å². The molecule has 2 N–H and O–H groups in total. The number of hydrogen-bond acceptors (Lipinski definition) is 8. The maximum absolute atomic E-state index is 4.93. The first-order valence-corrected chi connectivity index (χ1v) is 14.8. The molecule has 1 aliphatic carbocycles. The van der Waals surface area contributed by atoms with E-state index in [4.69, 9.17) is 15.0 Å². The van der Waals surface area contributed by atoms with Gasteiger partial charge in [-0.05, 0) is 62.4 Å². The molecule has 0 saturated heterocycles. The third-order valence-corrected chi connectivity index (χ3v) is 8.84. The largest absolute Gasteiger partial charge is 0.362 e. The number of aromatic nitrogens is 3. The SMILES string of the molecule is CN(C)c1nc(-c2ccc(Br)cc2)c(CNC[C@H]2CC[C@@H](Nc3nc(N(C)C)c4ccccc4n3)CC2)s1. The van der Waals surface area contributed by atoms with E-state index in [1.54, 1.807) is 11.3 Å². The van der Waals surface area contributed by atoms with E-state index in [2.05, 4.69) is 86.9 Å². The molecule has 4 aromatic rings. The lowest BCUT2D eigenvalue weighted by Crippen LogP contribution is -2.31. The van der Waals surface area contributed by atoms with Gasteiger partial charge in [0.25, 0.3) is 0 Å². The van der Waals surface area contributed by atoms with Crippen molar-refractivity contribution in [2.24, 2.45) is 5.92 Å². The minimum absolute atomic E-state index is 0.413. The minimum Gasteiger partial charge on any atom is -0.362 e. The van der Waals surface area contributed by atoms with Gasteiger partial charge < -0.3 is 20.4 Å². The molecule has 1 aliphatic rings. The van der Waals surface area contributed by atoms with Gasteiger partial charge in [-0.1, -0.05) is 51.5 Å². The molecule has 5 rings (SSSR count). The van der Waals surface area contributed by atoms with Crippen LogP contribution in [0, 0.1) is 5.92 Å². The van der Waals surface area contributed by atoms with Gasteiger partial charge in [0, 0.05) is 61.1 Å². The van der Waals surface area contributed by atoms with E-state index >= 15 is 0 Å². The number of benzene rings is 2. The number of hydrogen-bond donors (Lipinski definition) is 2. The molecule has 0 spiro atoms. The monoisotopic (exact) mass is 593 g/mol. The lowest BCUT2D eigenvalue weighted by atomic mass is 9.86. The van der Waals surface area contributed by atoms with Crippen molar-refractivity contribution in [2.45, 2.75) is 38.3 Å². The molecule has 1 saturated carbocycles. The Morgan fingerprint density at radius 1 is 0.895 bits per heavy atom. The van der Waals surface area contributed by atoms with Gasteiger partial charge in [-0.15, -0.1) is 0 Å². The second kappa shape index (κ2) is 12.0. The van der Waals surface area contributed by atoms with Crippen LogP contribution in [0.5, 0.6) is 0 Å². The maximum atomic E-state index is 4.93. The van der Waals surface area contributed by atoms with E-state index in [0.717, 1.165) is 69.5 Å². The van der Waals surface area contributed by atoms with Crippen molar-refractivity contribution in [3.05, 3.63) is 57.9 Å². The molecule has 2 aromatic carbocycles. The predicted molar refractivity (Wildman–Crippen MR) is 165 cm³/mol. The van der Waals surface area contributed by atoms with Crippen molar-refractivity contribution < 1.29 is 0 Å². The van der Waals surface area contributed by atoms with E-state index in [0.29, 0.717) is 12.0 Å². The van der Waals surface area contributed by atoms with Crippen LogP contribution in [0.25, 0.3) is 22.2 Å². The first-order chi connectivity index (χ1) is 18.4. The molecule has 0 unspecified atom stereocenters. The zero-order valence-corrected chi connectivity index (χ0v) is 24.9. The van der Waals surface area contributed by atoms with E-state index in [1.165, 1.54) is 17.7 Å². The van der Waals surface area contributed by atoms with Crippen LogP contribution in [-0.2, 0) is 6.54 Å². The van der Waals surface area contributed by atoms with Crippen LogP contribution in [-0.4, -0.2) is 55.7 Å². The molecule has 0 radical (unpaired) electrons. The van der Waals surface area contributed by atoms with Crippen molar-refractivity contribution in [3.63, 3.8) is 0 Å². The van der Waals surface area contributed by atoms with Gasteiger partial charge in [0.15, 0.2) is 5.13 Å². The molecular weight excluding hydrogens is 558 g/mol.